The molecule has 2 heterocycles. The molecule has 0 unspecified atom stereocenters. The number of aliphatic carboxylic acids is 3. The molecule has 1 fully saturated rings. The number of halogens is 6. The van der Waals surface area contributed by atoms with Crippen molar-refractivity contribution in [3.63, 3.8) is 0 Å². The van der Waals surface area contributed by atoms with Gasteiger partial charge in [-0.1, -0.05) is 48.5 Å². The highest BCUT2D eigenvalue weighted by Gasteiger charge is 2.39. The third kappa shape index (κ3) is 13.5. The number of primary amides is 1. The first-order valence-electron chi connectivity index (χ1n) is 15.6. The molecule has 9 N–H and O–H groups in total. The van der Waals surface area contributed by atoms with Gasteiger partial charge < -0.3 is 42.3 Å². The average molecular weight is 772 g/mol. The Balaban J connectivity index is 0.000000279. The summed E-state index contributed by atoms with van der Waals surface area (Å²) in [5.74, 6) is -7.41. The molecule has 2 aliphatic heterocycles. The van der Waals surface area contributed by atoms with Gasteiger partial charge in [-0.2, -0.15) is 26.3 Å². The Kier molecular flexibility index (Phi) is 16.1. The summed E-state index contributed by atoms with van der Waals surface area (Å²) in [6, 6.07) is 19.6. The van der Waals surface area contributed by atoms with Gasteiger partial charge in [0.15, 0.2) is 6.04 Å². The van der Waals surface area contributed by atoms with Gasteiger partial charge in [0, 0.05) is 29.9 Å². The van der Waals surface area contributed by atoms with Crippen LogP contribution in [0.1, 0.15) is 56.3 Å². The Morgan fingerprint density at radius 2 is 1.43 bits per heavy atom. The lowest BCUT2D eigenvalue weighted by atomic mass is 10.1. The maximum Gasteiger partial charge on any atom is 0.490 e. The third-order valence-corrected chi connectivity index (χ3v) is 7.45. The van der Waals surface area contributed by atoms with Crippen LogP contribution in [0.2, 0.25) is 0 Å². The largest absolute Gasteiger partial charge is 0.490 e. The van der Waals surface area contributed by atoms with E-state index in [9.17, 15) is 50.6 Å². The summed E-state index contributed by atoms with van der Waals surface area (Å²) < 4.78 is 63.5. The smallest absolute Gasteiger partial charge is 0.479 e. The first-order valence-corrected chi connectivity index (χ1v) is 15.6. The zero-order valence-electron chi connectivity index (χ0n) is 28.0. The molecule has 5 rings (SSSR count). The number of fused-ring (bicyclic) bond motifs is 1. The number of amides is 3. The Morgan fingerprint density at radius 1 is 0.833 bits per heavy atom. The van der Waals surface area contributed by atoms with Crippen LogP contribution in [-0.4, -0.2) is 82.4 Å². The van der Waals surface area contributed by atoms with E-state index >= 15 is 0 Å². The zero-order valence-corrected chi connectivity index (χ0v) is 28.0. The van der Waals surface area contributed by atoms with Crippen LogP contribution in [0.5, 0.6) is 0 Å². The maximum absolute atomic E-state index is 12.4. The Bertz CT molecular complexity index is 1780. The SMILES string of the molecule is NC(=O)c1ccc2c(c1)N(C(=O)[C@H]1CCCN1)CC2.NCc1cccc(C(=O)N[C@@H](C(=O)O)c2ccccc2)c1.O=C(O)C(F)(F)F.O=C(O)C(F)(F)F. The predicted octanol–water partition coefficient (Wildman–Crippen LogP) is 3.39. The molecule has 14 nitrogen and oxygen atoms in total. The van der Waals surface area contributed by atoms with E-state index in [0.717, 1.165) is 42.6 Å². The molecule has 54 heavy (non-hydrogen) atoms. The number of nitrogens with one attached hydrogen (secondary N) is 2. The van der Waals surface area contributed by atoms with E-state index in [4.69, 9.17) is 31.3 Å². The number of carbonyl (C=O) groups excluding carboxylic acids is 3. The van der Waals surface area contributed by atoms with Gasteiger partial charge in [0.05, 0.1) is 6.04 Å². The summed E-state index contributed by atoms with van der Waals surface area (Å²) in [5.41, 5.74) is 15.0. The van der Waals surface area contributed by atoms with E-state index in [1.807, 2.05) is 12.1 Å². The molecule has 3 amide bonds. The fourth-order valence-corrected chi connectivity index (χ4v) is 4.83. The summed E-state index contributed by atoms with van der Waals surface area (Å²) >= 11 is 0. The van der Waals surface area contributed by atoms with Crippen molar-refractivity contribution in [2.45, 2.75) is 50.2 Å². The molecule has 1 saturated heterocycles. The molecule has 2 atom stereocenters. The van der Waals surface area contributed by atoms with E-state index in [2.05, 4.69) is 10.6 Å². The molecule has 3 aromatic carbocycles. The van der Waals surface area contributed by atoms with Crippen LogP contribution in [0.15, 0.2) is 72.8 Å². The van der Waals surface area contributed by atoms with Gasteiger partial charge in [0.1, 0.15) is 0 Å². The van der Waals surface area contributed by atoms with Crippen LogP contribution in [0.25, 0.3) is 0 Å². The number of hydrogen-bond acceptors (Lipinski definition) is 8. The minimum absolute atomic E-state index is 0.0804. The number of carbonyl (C=O) groups is 6. The summed E-state index contributed by atoms with van der Waals surface area (Å²) in [7, 11) is 0. The van der Waals surface area contributed by atoms with Crippen LogP contribution < -0.4 is 27.0 Å². The normalized spacial score (nSPS) is 15.0. The Labute approximate surface area is 302 Å². The van der Waals surface area contributed by atoms with Gasteiger partial charge in [-0.15, -0.1) is 0 Å². The fraction of sp³-hybridized carbons (Fsp3) is 0.294. The average Bonchev–Trinajstić information content (AvgIpc) is 3.81. The van der Waals surface area contributed by atoms with Crippen LogP contribution in [0.4, 0.5) is 32.0 Å². The van der Waals surface area contributed by atoms with Gasteiger partial charge in [0.2, 0.25) is 11.8 Å². The molecule has 292 valence electrons. The van der Waals surface area contributed by atoms with Gasteiger partial charge >= 0.3 is 30.3 Å². The van der Waals surface area contributed by atoms with Crippen LogP contribution in [0.3, 0.4) is 0 Å². The van der Waals surface area contributed by atoms with Crippen LogP contribution >= 0.6 is 0 Å². The number of benzene rings is 3. The van der Waals surface area contributed by atoms with Gasteiger partial charge in [-0.05, 0) is 66.8 Å². The van der Waals surface area contributed by atoms with Crippen LogP contribution in [0, 0.1) is 0 Å². The molecule has 0 radical (unpaired) electrons. The summed E-state index contributed by atoms with van der Waals surface area (Å²) in [4.78, 5) is 66.8. The van der Waals surface area contributed by atoms with Crippen LogP contribution in [-0.2, 0) is 32.1 Å². The monoisotopic (exact) mass is 771 g/mol. The molecule has 3 aromatic rings. The highest BCUT2D eigenvalue weighted by Crippen LogP contribution is 2.30. The predicted molar refractivity (Wildman–Crippen MR) is 178 cm³/mol. The first-order chi connectivity index (χ1) is 25.2. The molecular formula is C34H35F6N5O9. The van der Waals surface area contributed by atoms with Crippen molar-refractivity contribution >= 4 is 41.3 Å². The molecule has 0 saturated carbocycles. The van der Waals surface area contributed by atoms with Crippen molar-refractivity contribution in [1.82, 2.24) is 10.6 Å². The summed E-state index contributed by atoms with van der Waals surface area (Å²) in [6.07, 6.45) is -7.40. The van der Waals surface area contributed by atoms with E-state index in [-0.39, 0.29) is 11.9 Å². The fourth-order valence-electron chi connectivity index (χ4n) is 4.83. The van der Waals surface area contributed by atoms with E-state index in [0.29, 0.717) is 29.8 Å². The summed E-state index contributed by atoms with van der Waals surface area (Å²) in [6.45, 7) is 1.91. The van der Waals surface area contributed by atoms with Crippen molar-refractivity contribution in [2.75, 3.05) is 18.0 Å². The Morgan fingerprint density at radius 3 is 1.91 bits per heavy atom. The highest BCUT2D eigenvalue weighted by molar-refractivity contribution is 6.01. The molecule has 0 aromatic heterocycles. The number of anilines is 1. The number of nitrogens with two attached hydrogens (primary N) is 2. The lowest BCUT2D eigenvalue weighted by molar-refractivity contribution is -0.193. The number of carboxylic acid groups (broad SMARTS) is 3. The lowest BCUT2D eigenvalue weighted by Gasteiger charge is -2.21. The van der Waals surface area contributed by atoms with Crippen molar-refractivity contribution in [3.8, 4) is 0 Å². The zero-order chi connectivity index (χ0) is 40.8. The van der Waals surface area contributed by atoms with Crippen molar-refractivity contribution in [1.29, 1.82) is 0 Å². The number of carboxylic acids is 3. The second kappa shape index (κ2) is 19.7. The molecule has 0 aliphatic carbocycles. The highest BCUT2D eigenvalue weighted by atomic mass is 19.4. The number of alkyl halides is 6. The Hall–Kier alpha value is -6.02. The lowest BCUT2D eigenvalue weighted by Crippen LogP contribution is -2.43. The van der Waals surface area contributed by atoms with Gasteiger partial charge in [0.25, 0.3) is 5.91 Å². The van der Waals surface area contributed by atoms with Crippen molar-refractivity contribution in [3.05, 3.63) is 101 Å². The topological polar surface area (TPSA) is 242 Å². The third-order valence-electron chi connectivity index (χ3n) is 7.45. The van der Waals surface area contributed by atoms with Crippen molar-refractivity contribution in [2.24, 2.45) is 11.5 Å². The molecular weight excluding hydrogens is 736 g/mol. The molecule has 0 bridgehead atoms. The second-order valence-electron chi connectivity index (χ2n) is 11.3. The first kappa shape index (κ1) is 44.1. The number of nitrogens with zero attached hydrogens (tertiary/aromatic N) is 1. The van der Waals surface area contributed by atoms with Gasteiger partial charge in [-0.3, -0.25) is 14.4 Å². The maximum atomic E-state index is 12.4. The van der Waals surface area contributed by atoms with E-state index < -0.39 is 48.1 Å². The quantitative estimate of drug-likeness (QED) is 0.172. The molecule has 0 spiro atoms. The summed E-state index contributed by atoms with van der Waals surface area (Å²) in [5, 5.41) is 29.3. The molecule has 2 aliphatic rings. The minimum atomic E-state index is -5.08. The standard InChI is InChI=1S/C16H16N2O3.C14H17N3O2.2C2HF3O2/c17-10-11-5-4-8-13(9-11)15(19)18-14(16(20)21)12-6-2-1-3-7-12;15-13(18)10-4-3-9-5-7-17(12(9)8-10)14(19)11-2-1-6-16-11;2*3-2(4,5)1(6)7/h1-9,14H,10,17H2,(H,18,19)(H,20,21);3-4,8,11,16H,1-2,5-7H2,(H2,15,18);2*(H,6,7)/t14-;11-;;/m11../s1. The minimum Gasteiger partial charge on any atom is -0.479 e. The number of rotatable bonds is 7. The van der Waals surface area contributed by atoms with Gasteiger partial charge in [-0.25, -0.2) is 14.4 Å². The number of hydrogen-bond donors (Lipinski definition) is 7. The second-order valence-corrected chi connectivity index (χ2v) is 11.3. The van der Waals surface area contributed by atoms with Crippen molar-refractivity contribution < 1.29 is 70.4 Å². The van der Waals surface area contributed by atoms with E-state index in [1.54, 1.807) is 65.6 Å². The molecule has 20 heteroatoms. The van der Waals surface area contributed by atoms with E-state index in [1.165, 1.54) is 0 Å².